The van der Waals surface area contributed by atoms with Crippen LogP contribution in [-0.2, 0) is 14.8 Å². The van der Waals surface area contributed by atoms with Gasteiger partial charge in [-0.15, -0.1) is 11.3 Å². The molecular formula is C9H11Cl2NO4S2. The van der Waals surface area contributed by atoms with E-state index in [1.165, 1.54) is 13.0 Å². The van der Waals surface area contributed by atoms with Gasteiger partial charge in [0.15, 0.2) is 0 Å². The largest absolute Gasteiger partial charge is 0.480 e. The maximum absolute atomic E-state index is 12.0. The van der Waals surface area contributed by atoms with Crippen LogP contribution in [0.3, 0.4) is 0 Å². The van der Waals surface area contributed by atoms with Crippen molar-refractivity contribution in [2.45, 2.75) is 30.7 Å². The van der Waals surface area contributed by atoms with Crippen LogP contribution in [0, 0.1) is 0 Å². The highest BCUT2D eigenvalue weighted by atomic mass is 35.5. The second-order valence-corrected chi connectivity index (χ2v) is 7.72. The number of hydrogen-bond donors (Lipinski definition) is 2. The Bertz CT molecular complexity index is 569. The average Bonchev–Trinajstić information content (AvgIpc) is 2.57. The molecule has 0 aliphatic carbocycles. The van der Waals surface area contributed by atoms with Crippen LogP contribution in [0.4, 0.5) is 0 Å². The molecule has 0 aliphatic rings. The normalized spacial score (nSPS) is 15.3. The Kier molecular flexibility index (Phi) is 4.66. The maximum Gasteiger partial charge on any atom is 0.324 e. The van der Waals surface area contributed by atoms with Crippen LogP contribution >= 0.6 is 34.5 Å². The summed E-state index contributed by atoms with van der Waals surface area (Å²) >= 11 is 12.3. The fraction of sp³-hybridized carbons (Fsp3) is 0.444. The number of rotatable bonds is 5. The molecule has 102 valence electrons. The van der Waals surface area contributed by atoms with Gasteiger partial charge in [-0.1, -0.05) is 30.1 Å². The van der Waals surface area contributed by atoms with Crippen LogP contribution in [-0.4, -0.2) is 25.0 Å². The Morgan fingerprint density at radius 2 is 2.11 bits per heavy atom. The molecule has 0 radical (unpaired) electrons. The molecule has 0 bridgehead atoms. The maximum atomic E-state index is 12.0. The first-order chi connectivity index (χ1) is 8.12. The summed E-state index contributed by atoms with van der Waals surface area (Å²) in [5, 5.41) is 9.03. The third kappa shape index (κ3) is 3.16. The van der Waals surface area contributed by atoms with Gasteiger partial charge in [0.2, 0.25) is 10.0 Å². The number of aliphatic carboxylic acids is 1. The number of sulfonamides is 1. The zero-order chi connectivity index (χ0) is 14.1. The highest BCUT2D eigenvalue weighted by Crippen LogP contribution is 2.34. The molecule has 5 nitrogen and oxygen atoms in total. The van der Waals surface area contributed by atoms with Crippen LogP contribution in [0.1, 0.15) is 20.3 Å². The van der Waals surface area contributed by atoms with Gasteiger partial charge in [0.1, 0.15) is 14.8 Å². The average molecular weight is 332 g/mol. The molecule has 1 unspecified atom stereocenters. The molecule has 0 spiro atoms. The Morgan fingerprint density at radius 3 is 2.44 bits per heavy atom. The van der Waals surface area contributed by atoms with Gasteiger partial charge < -0.3 is 5.11 Å². The van der Waals surface area contributed by atoms with Crippen molar-refractivity contribution >= 4 is 50.5 Å². The van der Waals surface area contributed by atoms with E-state index in [0.717, 1.165) is 11.3 Å². The van der Waals surface area contributed by atoms with Crippen LogP contribution in [0.5, 0.6) is 0 Å². The summed E-state index contributed by atoms with van der Waals surface area (Å²) < 4.78 is 26.4. The molecule has 1 atom stereocenters. The highest BCUT2D eigenvalue weighted by molar-refractivity contribution is 7.89. The second-order valence-electron chi connectivity index (χ2n) is 3.78. The monoisotopic (exact) mass is 331 g/mol. The Hall–Kier alpha value is -0.340. The lowest BCUT2D eigenvalue weighted by molar-refractivity contribution is -0.143. The predicted molar refractivity (Wildman–Crippen MR) is 71.0 cm³/mol. The molecule has 0 aliphatic heterocycles. The molecule has 1 aromatic heterocycles. The lowest BCUT2D eigenvalue weighted by atomic mass is 10.0. The van der Waals surface area contributed by atoms with Crippen molar-refractivity contribution in [1.82, 2.24) is 4.72 Å². The molecule has 0 fully saturated rings. The van der Waals surface area contributed by atoms with Crippen LogP contribution in [0.15, 0.2) is 11.0 Å². The van der Waals surface area contributed by atoms with Gasteiger partial charge in [-0.25, -0.2) is 8.42 Å². The molecule has 0 saturated carbocycles. The summed E-state index contributed by atoms with van der Waals surface area (Å²) in [7, 11) is -4.02. The van der Waals surface area contributed by atoms with E-state index < -0.39 is 21.5 Å². The van der Waals surface area contributed by atoms with Gasteiger partial charge in [0, 0.05) is 0 Å². The summed E-state index contributed by atoms with van der Waals surface area (Å²) in [6, 6.07) is 1.19. The van der Waals surface area contributed by atoms with E-state index in [1.807, 2.05) is 0 Å². The standard InChI is InChI=1S/C9H11Cl2NO4S2/c1-3-9(2,8(13)14)12-18(15,16)5-4-6(10)17-7(5)11/h4,12H,3H2,1-2H3,(H,13,14). The number of carboxylic acids is 1. The third-order valence-corrected chi connectivity index (χ3v) is 5.80. The zero-order valence-corrected chi connectivity index (χ0v) is 12.7. The molecule has 1 aromatic rings. The van der Waals surface area contributed by atoms with Crippen molar-refractivity contribution in [2.24, 2.45) is 0 Å². The highest BCUT2D eigenvalue weighted by Gasteiger charge is 2.37. The van der Waals surface area contributed by atoms with Crippen molar-refractivity contribution in [3.05, 3.63) is 14.7 Å². The SMILES string of the molecule is CCC(C)(NS(=O)(=O)c1cc(Cl)sc1Cl)C(=O)O. The van der Waals surface area contributed by atoms with Crippen molar-refractivity contribution < 1.29 is 18.3 Å². The molecule has 18 heavy (non-hydrogen) atoms. The first kappa shape index (κ1) is 15.7. The zero-order valence-electron chi connectivity index (χ0n) is 9.53. The van der Waals surface area contributed by atoms with Gasteiger partial charge in [-0.2, -0.15) is 4.72 Å². The van der Waals surface area contributed by atoms with E-state index >= 15 is 0 Å². The first-order valence-electron chi connectivity index (χ1n) is 4.84. The van der Waals surface area contributed by atoms with Crippen molar-refractivity contribution in [1.29, 1.82) is 0 Å². The minimum atomic E-state index is -4.02. The van der Waals surface area contributed by atoms with Gasteiger partial charge in [-0.05, 0) is 19.4 Å². The lowest BCUT2D eigenvalue weighted by Crippen LogP contribution is -2.51. The minimum Gasteiger partial charge on any atom is -0.480 e. The summed E-state index contributed by atoms with van der Waals surface area (Å²) in [5.41, 5.74) is -1.59. The Labute approximate surface area is 119 Å². The van der Waals surface area contributed by atoms with Gasteiger partial charge in [-0.3, -0.25) is 4.79 Å². The Morgan fingerprint density at radius 1 is 1.56 bits per heavy atom. The van der Waals surface area contributed by atoms with Crippen molar-refractivity contribution in [3.63, 3.8) is 0 Å². The molecule has 0 aromatic carbocycles. The van der Waals surface area contributed by atoms with Crippen molar-refractivity contribution in [3.8, 4) is 0 Å². The summed E-state index contributed by atoms with van der Waals surface area (Å²) in [6.45, 7) is 2.85. The topological polar surface area (TPSA) is 83.5 Å². The van der Waals surface area contributed by atoms with Crippen LogP contribution < -0.4 is 4.72 Å². The number of carbonyl (C=O) groups is 1. The molecule has 2 N–H and O–H groups in total. The van der Waals surface area contributed by atoms with E-state index in [0.29, 0.717) is 0 Å². The Balaban J connectivity index is 3.17. The third-order valence-electron chi connectivity index (χ3n) is 2.45. The second kappa shape index (κ2) is 5.34. The molecule has 1 heterocycles. The number of hydrogen-bond acceptors (Lipinski definition) is 4. The smallest absolute Gasteiger partial charge is 0.324 e. The van der Waals surface area contributed by atoms with Crippen molar-refractivity contribution in [2.75, 3.05) is 0 Å². The van der Waals surface area contributed by atoms with Gasteiger partial charge >= 0.3 is 5.97 Å². The summed E-state index contributed by atoms with van der Waals surface area (Å²) in [5.74, 6) is -1.26. The lowest BCUT2D eigenvalue weighted by Gasteiger charge is -2.24. The van der Waals surface area contributed by atoms with E-state index in [9.17, 15) is 13.2 Å². The fourth-order valence-electron chi connectivity index (χ4n) is 1.13. The first-order valence-corrected chi connectivity index (χ1v) is 7.90. The minimum absolute atomic E-state index is 0.00339. The molecule has 0 saturated heterocycles. The molecule has 0 amide bonds. The number of carboxylic acid groups (broad SMARTS) is 1. The van der Waals surface area contributed by atoms with Crippen LogP contribution in [0.2, 0.25) is 8.67 Å². The summed E-state index contributed by atoms with van der Waals surface area (Å²) in [4.78, 5) is 10.9. The number of halogens is 2. The molecular weight excluding hydrogens is 321 g/mol. The predicted octanol–water partition coefficient (Wildman–Crippen LogP) is 2.59. The molecule has 9 heteroatoms. The molecule has 1 rings (SSSR count). The summed E-state index contributed by atoms with van der Waals surface area (Å²) in [6.07, 6.45) is 0.0943. The number of thiophene rings is 1. The van der Waals surface area contributed by atoms with E-state index in [-0.39, 0.29) is 20.0 Å². The number of nitrogens with one attached hydrogen (secondary N) is 1. The van der Waals surface area contributed by atoms with Gasteiger partial charge in [0.05, 0.1) is 4.34 Å². The van der Waals surface area contributed by atoms with E-state index in [4.69, 9.17) is 28.3 Å². The van der Waals surface area contributed by atoms with Gasteiger partial charge in [0.25, 0.3) is 0 Å². The van der Waals surface area contributed by atoms with Crippen LogP contribution in [0.25, 0.3) is 0 Å². The van der Waals surface area contributed by atoms with E-state index in [1.54, 1.807) is 6.92 Å². The fourth-order valence-corrected chi connectivity index (χ4v) is 4.71. The van der Waals surface area contributed by atoms with E-state index in [2.05, 4.69) is 4.72 Å². The quantitative estimate of drug-likeness (QED) is 0.868.